The predicted octanol–water partition coefficient (Wildman–Crippen LogP) is 3.64. The lowest BCUT2D eigenvalue weighted by molar-refractivity contribution is -0.383. The van der Waals surface area contributed by atoms with Gasteiger partial charge in [-0.05, 0) is 25.0 Å². The Morgan fingerprint density at radius 3 is 2.57 bits per heavy atom. The summed E-state index contributed by atoms with van der Waals surface area (Å²) in [6.07, 6.45) is 2.80. The Kier molecular flexibility index (Phi) is 7.53. The van der Waals surface area contributed by atoms with E-state index in [4.69, 9.17) is 4.74 Å². The van der Waals surface area contributed by atoms with Crippen LogP contribution in [0.1, 0.15) is 33.1 Å². The number of para-hydroxylation sites is 1. The van der Waals surface area contributed by atoms with Gasteiger partial charge in [-0.3, -0.25) is 10.1 Å². The van der Waals surface area contributed by atoms with E-state index in [1.807, 2.05) is 13.0 Å². The molecule has 0 aliphatic heterocycles. The minimum Gasteiger partial charge on any atom is -0.383 e. The monoisotopic (exact) mass is 295 g/mol. The normalized spacial score (nSPS) is 12.0. The van der Waals surface area contributed by atoms with Crippen LogP contribution in [0.25, 0.3) is 0 Å². The molecule has 0 aromatic heterocycles. The maximum atomic E-state index is 11.4. The third kappa shape index (κ3) is 5.23. The molecule has 21 heavy (non-hydrogen) atoms. The van der Waals surface area contributed by atoms with Crippen LogP contribution in [0.15, 0.2) is 18.2 Å². The highest BCUT2D eigenvalue weighted by Gasteiger charge is 2.21. The number of anilines is 2. The summed E-state index contributed by atoms with van der Waals surface area (Å²) in [6.45, 7) is 5.34. The van der Waals surface area contributed by atoms with E-state index >= 15 is 0 Å². The maximum Gasteiger partial charge on any atom is 0.315 e. The summed E-state index contributed by atoms with van der Waals surface area (Å²) >= 11 is 0. The van der Waals surface area contributed by atoms with Crippen molar-refractivity contribution in [2.24, 2.45) is 0 Å². The van der Waals surface area contributed by atoms with E-state index in [1.54, 1.807) is 19.2 Å². The van der Waals surface area contributed by atoms with Crippen LogP contribution in [-0.2, 0) is 4.74 Å². The van der Waals surface area contributed by atoms with Gasteiger partial charge in [0.1, 0.15) is 11.4 Å². The first-order valence-electron chi connectivity index (χ1n) is 7.40. The van der Waals surface area contributed by atoms with Gasteiger partial charge in [-0.2, -0.15) is 0 Å². The third-order valence-electron chi connectivity index (χ3n) is 3.15. The van der Waals surface area contributed by atoms with Crippen LogP contribution in [0.3, 0.4) is 0 Å². The fourth-order valence-electron chi connectivity index (χ4n) is 2.23. The topological polar surface area (TPSA) is 76.4 Å². The van der Waals surface area contributed by atoms with Gasteiger partial charge in [0, 0.05) is 19.7 Å². The van der Waals surface area contributed by atoms with E-state index in [0.29, 0.717) is 24.5 Å². The molecule has 1 unspecified atom stereocenters. The molecule has 1 aromatic rings. The van der Waals surface area contributed by atoms with Crippen LogP contribution < -0.4 is 10.6 Å². The molecule has 0 saturated carbocycles. The van der Waals surface area contributed by atoms with Crippen LogP contribution in [0.2, 0.25) is 0 Å². The molecule has 0 saturated heterocycles. The smallest absolute Gasteiger partial charge is 0.315 e. The number of hydrogen-bond acceptors (Lipinski definition) is 5. The number of hydrogen-bond donors (Lipinski definition) is 2. The van der Waals surface area contributed by atoms with Gasteiger partial charge in [-0.15, -0.1) is 0 Å². The van der Waals surface area contributed by atoms with Gasteiger partial charge < -0.3 is 15.4 Å². The minimum atomic E-state index is -0.337. The minimum absolute atomic E-state index is 0.0696. The van der Waals surface area contributed by atoms with E-state index in [0.717, 1.165) is 19.3 Å². The molecule has 0 spiro atoms. The molecule has 1 rings (SSSR count). The summed E-state index contributed by atoms with van der Waals surface area (Å²) in [7, 11) is 1.64. The van der Waals surface area contributed by atoms with Crippen LogP contribution in [0.4, 0.5) is 17.1 Å². The van der Waals surface area contributed by atoms with Crippen molar-refractivity contribution < 1.29 is 9.66 Å². The zero-order chi connectivity index (χ0) is 15.7. The number of benzene rings is 1. The number of nitro groups is 1. The summed E-state index contributed by atoms with van der Waals surface area (Å²) in [5, 5.41) is 17.7. The van der Waals surface area contributed by atoms with E-state index in [1.165, 1.54) is 0 Å². The van der Waals surface area contributed by atoms with E-state index < -0.39 is 0 Å². The van der Waals surface area contributed by atoms with Gasteiger partial charge >= 0.3 is 5.69 Å². The molecule has 0 aliphatic carbocycles. The third-order valence-corrected chi connectivity index (χ3v) is 3.15. The number of nitrogens with one attached hydrogen (secondary N) is 2. The Morgan fingerprint density at radius 2 is 2.00 bits per heavy atom. The van der Waals surface area contributed by atoms with Crippen molar-refractivity contribution in [3.05, 3.63) is 28.3 Å². The predicted molar refractivity (Wildman–Crippen MR) is 86.1 cm³/mol. The zero-order valence-electron chi connectivity index (χ0n) is 13.0. The van der Waals surface area contributed by atoms with Crippen molar-refractivity contribution in [3.63, 3.8) is 0 Å². The van der Waals surface area contributed by atoms with E-state index in [2.05, 4.69) is 17.6 Å². The molecule has 0 heterocycles. The first-order valence-corrected chi connectivity index (χ1v) is 7.40. The highest BCUT2D eigenvalue weighted by molar-refractivity contribution is 5.76. The van der Waals surface area contributed by atoms with Gasteiger partial charge in [-0.1, -0.05) is 26.3 Å². The molecule has 0 aliphatic rings. The highest BCUT2D eigenvalue weighted by atomic mass is 16.6. The van der Waals surface area contributed by atoms with Crippen LogP contribution in [0.5, 0.6) is 0 Å². The van der Waals surface area contributed by atoms with E-state index in [9.17, 15) is 10.1 Å². The van der Waals surface area contributed by atoms with Gasteiger partial charge in [-0.25, -0.2) is 0 Å². The van der Waals surface area contributed by atoms with Gasteiger partial charge in [0.2, 0.25) is 0 Å². The number of methoxy groups -OCH3 is 1. The summed E-state index contributed by atoms with van der Waals surface area (Å²) < 4.78 is 5.18. The van der Waals surface area contributed by atoms with E-state index in [-0.39, 0.29) is 16.7 Å². The lowest BCUT2D eigenvalue weighted by Crippen LogP contribution is -2.25. The van der Waals surface area contributed by atoms with Crippen molar-refractivity contribution in [3.8, 4) is 0 Å². The molecule has 0 bridgehead atoms. The molecule has 0 fully saturated rings. The second-order valence-electron chi connectivity index (χ2n) is 4.97. The first-order chi connectivity index (χ1) is 10.1. The number of rotatable bonds is 10. The standard InChI is InChI=1S/C15H25N3O3/c1-4-7-12(11-21-3)17-14-9-6-8-13(16-10-5-2)15(14)18(19)20/h6,8-9,12,16-17H,4-5,7,10-11H2,1-3H3. The van der Waals surface area contributed by atoms with Crippen molar-refractivity contribution in [1.29, 1.82) is 0 Å². The maximum absolute atomic E-state index is 11.4. The average molecular weight is 295 g/mol. The van der Waals surface area contributed by atoms with Crippen molar-refractivity contribution >= 4 is 17.1 Å². The molecule has 1 atom stereocenters. The van der Waals surface area contributed by atoms with Gasteiger partial charge in [0.15, 0.2) is 0 Å². The molecule has 0 amide bonds. The first kappa shape index (κ1) is 17.2. The van der Waals surface area contributed by atoms with Crippen LogP contribution in [-0.4, -0.2) is 31.2 Å². The number of nitrogens with zero attached hydrogens (tertiary/aromatic N) is 1. The number of ether oxygens (including phenoxy) is 1. The Morgan fingerprint density at radius 1 is 1.29 bits per heavy atom. The van der Waals surface area contributed by atoms with Crippen molar-refractivity contribution in [2.45, 2.75) is 39.2 Å². The second kappa shape index (κ2) is 9.18. The largest absolute Gasteiger partial charge is 0.383 e. The molecule has 2 N–H and O–H groups in total. The SMILES string of the molecule is CCCNc1cccc(NC(CCC)COC)c1[N+](=O)[O-]. The quantitative estimate of drug-likeness (QED) is 0.509. The summed E-state index contributed by atoms with van der Waals surface area (Å²) in [5.41, 5.74) is 1.19. The molecule has 0 radical (unpaired) electrons. The lowest BCUT2D eigenvalue weighted by atomic mass is 10.1. The van der Waals surface area contributed by atoms with Crippen molar-refractivity contribution in [1.82, 2.24) is 0 Å². The average Bonchev–Trinajstić information content (AvgIpc) is 2.45. The van der Waals surface area contributed by atoms with Crippen LogP contribution >= 0.6 is 0 Å². The molecule has 6 heteroatoms. The Bertz CT molecular complexity index is 446. The fraction of sp³-hybridized carbons (Fsp3) is 0.600. The van der Waals surface area contributed by atoms with Crippen molar-refractivity contribution in [2.75, 3.05) is 30.9 Å². The lowest BCUT2D eigenvalue weighted by Gasteiger charge is -2.19. The summed E-state index contributed by atoms with van der Waals surface area (Å²) in [4.78, 5) is 11.1. The molecule has 118 valence electrons. The Balaban J connectivity index is 3.01. The zero-order valence-corrected chi connectivity index (χ0v) is 13.0. The molecule has 6 nitrogen and oxygen atoms in total. The highest BCUT2D eigenvalue weighted by Crippen LogP contribution is 2.33. The Labute approximate surface area is 126 Å². The summed E-state index contributed by atoms with van der Waals surface area (Å²) in [6, 6.07) is 5.38. The number of nitro benzene ring substituents is 1. The van der Waals surface area contributed by atoms with Gasteiger partial charge in [0.05, 0.1) is 11.5 Å². The van der Waals surface area contributed by atoms with Gasteiger partial charge in [0.25, 0.3) is 0 Å². The second-order valence-corrected chi connectivity index (χ2v) is 4.97. The van der Waals surface area contributed by atoms with Crippen LogP contribution in [0, 0.1) is 10.1 Å². The Hall–Kier alpha value is -1.82. The fourth-order valence-corrected chi connectivity index (χ4v) is 2.23. The molecular weight excluding hydrogens is 270 g/mol. The molecular formula is C15H25N3O3. The molecule has 1 aromatic carbocycles. The summed E-state index contributed by atoms with van der Waals surface area (Å²) in [5.74, 6) is 0.